The second-order valence-electron chi connectivity index (χ2n) is 3.68. The molecule has 0 aliphatic carbocycles. The van der Waals surface area contributed by atoms with Crippen LogP contribution in [-0.2, 0) is 4.74 Å². The maximum Gasteiger partial charge on any atom is 0.0612 e. The molecule has 0 spiro atoms. The number of hydrogen-bond donors (Lipinski definition) is 1. The fraction of sp³-hybridized carbons (Fsp3) is 0.818. The van der Waals surface area contributed by atoms with E-state index >= 15 is 0 Å². The van der Waals surface area contributed by atoms with Gasteiger partial charge < -0.3 is 10.5 Å². The Labute approximate surface area is 81.1 Å². The van der Waals surface area contributed by atoms with Gasteiger partial charge in [-0.2, -0.15) is 0 Å². The van der Waals surface area contributed by atoms with E-state index in [2.05, 4.69) is 13.0 Å². The van der Waals surface area contributed by atoms with Crippen molar-refractivity contribution in [1.82, 2.24) is 0 Å². The Bertz CT molecular complexity index is 163. The molecule has 0 amide bonds. The number of rotatable bonds is 4. The van der Waals surface area contributed by atoms with E-state index in [9.17, 15) is 0 Å². The summed E-state index contributed by atoms with van der Waals surface area (Å²) in [6.45, 7) is 3.88. The predicted octanol–water partition coefficient (Wildman–Crippen LogP) is 2.24. The first-order valence-corrected chi connectivity index (χ1v) is 5.36. The molecule has 0 saturated carbocycles. The van der Waals surface area contributed by atoms with Gasteiger partial charge in [-0.15, -0.1) is 0 Å². The summed E-state index contributed by atoms with van der Waals surface area (Å²) in [7, 11) is 0. The topological polar surface area (TPSA) is 35.2 Å². The number of ether oxygens (including phenoxy) is 1. The highest BCUT2D eigenvalue weighted by molar-refractivity contribution is 5.05. The molecule has 1 aliphatic rings. The zero-order valence-electron chi connectivity index (χ0n) is 8.59. The molecule has 1 heterocycles. The molecular formula is C11H21NO. The summed E-state index contributed by atoms with van der Waals surface area (Å²) in [6, 6.07) is 0. The molecule has 0 aromatic rings. The molecule has 76 valence electrons. The van der Waals surface area contributed by atoms with Gasteiger partial charge in [0.2, 0.25) is 0 Å². The molecule has 1 atom stereocenters. The van der Waals surface area contributed by atoms with E-state index in [0.717, 1.165) is 32.4 Å². The van der Waals surface area contributed by atoms with E-state index in [0.29, 0.717) is 6.10 Å². The standard InChI is InChI=1S/C11H21NO/c1-2-4-11-9-10(5-3-7-12)6-8-13-11/h5,11H,2-4,6-9,12H2,1H3. The monoisotopic (exact) mass is 183 g/mol. The molecular weight excluding hydrogens is 162 g/mol. The number of hydrogen-bond acceptors (Lipinski definition) is 2. The molecule has 1 fully saturated rings. The van der Waals surface area contributed by atoms with Crippen LogP contribution >= 0.6 is 0 Å². The van der Waals surface area contributed by atoms with Gasteiger partial charge in [-0.05, 0) is 32.2 Å². The summed E-state index contributed by atoms with van der Waals surface area (Å²) in [6.07, 6.45) is 8.45. The average molecular weight is 183 g/mol. The summed E-state index contributed by atoms with van der Waals surface area (Å²) in [4.78, 5) is 0. The van der Waals surface area contributed by atoms with Crippen molar-refractivity contribution in [3.63, 3.8) is 0 Å². The van der Waals surface area contributed by atoms with Crippen molar-refractivity contribution < 1.29 is 4.74 Å². The minimum absolute atomic E-state index is 0.475. The summed E-state index contributed by atoms with van der Waals surface area (Å²) < 4.78 is 5.66. The molecule has 1 rings (SSSR count). The Hall–Kier alpha value is -0.340. The van der Waals surface area contributed by atoms with Crippen LogP contribution in [0.5, 0.6) is 0 Å². The fourth-order valence-electron chi connectivity index (χ4n) is 1.79. The van der Waals surface area contributed by atoms with Crippen LogP contribution in [-0.4, -0.2) is 19.3 Å². The highest BCUT2D eigenvalue weighted by atomic mass is 16.5. The van der Waals surface area contributed by atoms with Gasteiger partial charge in [0.1, 0.15) is 0 Å². The molecule has 0 aromatic carbocycles. The smallest absolute Gasteiger partial charge is 0.0612 e. The predicted molar refractivity (Wildman–Crippen MR) is 55.6 cm³/mol. The van der Waals surface area contributed by atoms with Crippen LogP contribution in [0.25, 0.3) is 0 Å². The lowest BCUT2D eigenvalue weighted by atomic mass is 9.98. The zero-order chi connectivity index (χ0) is 9.52. The fourth-order valence-corrected chi connectivity index (χ4v) is 1.79. The molecule has 1 unspecified atom stereocenters. The van der Waals surface area contributed by atoms with Gasteiger partial charge in [-0.1, -0.05) is 25.0 Å². The molecule has 13 heavy (non-hydrogen) atoms. The van der Waals surface area contributed by atoms with Crippen molar-refractivity contribution in [3.8, 4) is 0 Å². The summed E-state index contributed by atoms with van der Waals surface area (Å²) in [5, 5.41) is 0. The first-order valence-electron chi connectivity index (χ1n) is 5.36. The van der Waals surface area contributed by atoms with Crippen molar-refractivity contribution in [3.05, 3.63) is 11.6 Å². The maximum absolute atomic E-state index is 5.66. The van der Waals surface area contributed by atoms with Crippen LogP contribution in [0.15, 0.2) is 11.6 Å². The second-order valence-corrected chi connectivity index (χ2v) is 3.68. The summed E-state index contributed by atoms with van der Waals surface area (Å²) >= 11 is 0. The normalized spacial score (nSPS) is 26.6. The van der Waals surface area contributed by atoms with Gasteiger partial charge in [0.05, 0.1) is 12.7 Å². The lowest BCUT2D eigenvalue weighted by molar-refractivity contribution is 0.0300. The molecule has 0 radical (unpaired) electrons. The van der Waals surface area contributed by atoms with E-state index in [4.69, 9.17) is 10.5 Å². The van der Waals surface area contributed by atoms with E-state index in [1.807, 2.05) is 0 Å². The molecule has 2 heteroatoms. The van der Waals surface area contributed by atoms with Gasteiger partial charge in [0.25, 0.3) is 0 Å². The van der Waals surface area contributed by atoms with Crippen molar-refractivity contribution >= 4 is 0 Å². The number of nitrogens with two attached hydrogens (primary N) is 1. The van der Waals surface area contributed by atoms with Gasteiger partial charge in [-0.25, -0.2) is 0 Å². The van der Waals surface area contributed by atoms with Crippen molar-refractivity contribution in [1.29, 1.82) is 0 Å². The largest absolute Gasteiger partial charge is 0.378 e. The Morgan fingerprint density at radius 3 is 3.15 bits per heavy atom. The first kappa shape index (κ1) is 10.7. The lowest BCUT2D eigenvalue weighted by Gasteiger charge is -2.24. The van der Waals surface area contributed by atoms with Crippen molar-refractivity contribution in [2.45, 2.75) is 45.1 Å². The Morgan fingerprint density at radius 1 is 1.62 bits per heavy atom. The SMILES string of the molecule is CCCC1CC(=CCCN)CCO1. The first-order chi connectivity index (χ1) is 6.36. The highest BCUT2D eigenvalue weighted by Crippen LogP contribution is 2.22. The van der Waals surface area contributed by atoms with Crippen LogP contribution < -0.4 is 5.73 Å². The van der Waals surface area contributed by atoms with Gasteiger partial charge in [0, 0.05) is 0 Å². The highest BCUT2D eigenvalue weighted by Gasteiger charge is 2.15. The quantitative estimate of drug-likeness (QED) is 0.678. The molecule has 0 aromatic heterocycles. The average Bonchev–Trinajstić information content (AvgIpc) is 2.16. The third-order valence-electron chi connectivity index (χ3n) is 2.48. The van der Waals surface area contributed by atoms with E-state index in [1.54, 1.807) is 5.57 Å². The van der Waals surface area contributed by atoms with E-state index < -0.39 is 0 Å². The minimum Gasteiger partial charge on any atom is -0.378 e. The minimum atomic E-state index is 0.475. The maximum atomic E-state index is 5.66. The van der Waals surface area contributed by atoms with Crippen molar-refractivity contribution in [2.75, 3.05) is 13.2 Å². The Morgan fingerprint density at radius 2 is 2.46 bits per heavy atom. The Kier molecular flexibility index (Phi) is 5.09. The summed E-state index contributed by atoms with van der Waals surface area (Å²) in [5.74, 6) is 0. The van der Waals surface area contributed by atoms with Gasteiger partial charge in [0.15, 0.2) is 0 Å². The third kappa shape index (κ3) is 3.92. The third-order valence-corrected chi connectivity index (χ3v) is 2.48. The molecule has 2 N–H and O–H groups in total. The molecule has 1 aliphatic heterocycles. The molecule has 1 saturated heterocycles. The lowest BCUT2D eigenvalue weighted by Crippen LogP contribution is -2.20. The van der Waals surface area contributed by atoms with Crippen LogP contribution in [0.4, 0.5) is 0 Å². The van der Waals surface area contributed by atoms with Crippen LogP contribution in [0.1, 0.15) is 39.0 Å². The van der Waals surface area contributed by atoms with Crippen LogP contribution in [0.3, 0.4) is 0 Å². The Balaban J connectivity index is 2.32. The molecule has 2 nitrogen and oxygen atoms in total. The molecule has 0 bridgehead atoms. The van der Waals surface area contributed by atoms with E-state index in [-0.39, 0.29) is 0 Å². The van der Waals surface area contributed by atoms with Gasteiger partial charge in [-0.3, -0.25) is 0 Å². The second kappa shape index (κ2) is 6.17. The van der Waals surface area contributed by atoms with Crippen LogP contribution in [0, 0.1) is 0 Å². The van der Waals surface area contributed by atoms with Crippen molar-refractivity contribution in [2.24, 2.45) is 5.73 Å². The zero-order valence-corrected chi connectivity index (χ0v) is 8.59. The van der Waals surface area contributed by atoms with E-state index in [1.165, 1.54) is 12.8 Å². The summed E-state index contributed by atoms with van der Waals surface area (Å²) in [5.41, 5.74) is 7.01. The van der Waals surface area contributed by atoms with Crippen LogP contribution in [0.2, 0.25) is 0 Å². The van der Waals surface area contributed by atoms with Gasteiger partial charge >= 0.3 is 0 Å².